The van der Waals surface area contributed by atoms with Crippen LogP contribution in [0.1, 0.15) is 12.8 Å². The van der Waals surface area contributed by atoms with E-state index >= 15 is 0 Å². The maximum absolute atomic E-state index is 12.1. The molecule has 1 atom stereocenters. The number of imidazole rings is 1. The third-order valence-corrected chi connectivity index (χ3v) is 4.55. The molecule has 2 heterocycles. The Hall–Kier alpha value is -1.44. The number of sulfonamides is 1. The topological polar surface area (TPSA) is 86.9 Å². The summed E-state index contributed by atoms with van der Waals surface area (Å²) in [7, 11) is -3.57. The van der Waals surface area contributed by atoms with Crippen molar-refractivity contribution in [2.75, 3.05) is 13.1 Å². The van der Waals surface area contributed by atoms with Crippen molar-refractivity contribution in [3.8, 4) is 0 Å². The zero-order valence-electron chi connectivity index (χ0n) is 10.4. The highest BCUT2D eigenvalue weighted by Crippen LogP contribution is 2.14. The molecule has 1 aromatic heterocycles. The zero-order chi connectivity index (χ0) is 13.3. The molecule has 1 saturated heterocycles. The first kappa shape index (κ1) is 12.6. The molecule has 102 valence electrons. The van der Waals surface area contributed by atoms with Crippen LogP contribution in [0.5, 0.6) is 0 Å². The van der Waals surface area contributed by atoms with E-state index in [1.54, 1.807) is 12.1 Å². The Morgan fingerprint density at radius 1 is 1.37 bits per heavy atom. The molecule has 0 radical (unpaired) electrons. The molecule has 19 heavy (non-hydrogen) atoms. The van der Waals surface area contributed by atoms with Gasteiger partial charge in [-0.3, -0.25) is 0 Å². The van der Waals surface area contributed by atoms with Crippen molar-refractivity contribution >= 4 is 21.1 Å². The number of fused-ring (bicyclic) bond motifs is 1. The highest BCUT2D eigenvalue weighted by molar-refractivity contribution is 7.89. The van der Waals surface area contributed by atoms with Crippen LogP contribution in [-0.2, 0) is 10.0 Å². The van der Waals surface area contributed by atoms with Crippen LogP contribution < -0.4 is 10.0 Å². The molecular formula is C12H16N4O2S. The summed E-state index contributed by atoms with van der Waals surface area (Å²) in [6.07, 6.45) is 2.10. The van der Waals surface area contributed by atoms with Crippen LogP contribution in [0.2, 0.25) is 0 Å². The minimum absolute atomic E-state index is 0.0216. The van der Waals surface area contributed by atoms with Crippen molar-refractivity contribution in [2.45, 2.75) is 24.0 Å². The van der Waals surface area contributed by atoms with E-state index in [4.69, 9.17) is 0 Å². The van der Waals surface area contributed by atoms with E-state index in [1.807, 2.05) is 12.1 Å². The van der Waals surface area contributed by atoms with Gasteiger partial charge in [-0.1, -0.05) is 12.1 Å². The van der Waals surface area contributed by atoms with Crippen molar-refractivity contribution in [3.05, 3.63) is 24.3 Å². The van der Waals surface area contributed by atoms with Crippen LogP contribution in [0, 0.1) is 0 Å². The van der Waals surface area contributed by atoms with Crippen molar-refractivity contribution in [1.82, 2.24) is 20.0 Å². The molecule has 7 heteroatoms. The standard InChI is InChI=1S/C12H16N4O2S/c17-19(18,14-8-9-4-3-7-13-9)12-15-10-5-1-2-6-11(10)16-12/h1-2,5-6,9,13-14H,3-4,7-8H2,(H,15,16). The van der Waals surface area contributed by atoms with Crippen LogP contribution in [-0.4, -0.2) is 37.5 Å². The van der Waals surface area contributed by atoms with Crippen molar-refractivity contribution < 1.29 is 8.42 Å². The Morgan fingerprint density at radius 2 is 2.21 bits per heavy atom. The van der Waals surface area contributed by atoms with Crippen molar-refractivity contribution in [2.24, 2.45) is 0 Å². The number of hydrogen-bond donors (Lipinski definition) is 3. The predicted octanol–water partition coefficient (Wildman–Crippen LogP) is 0.593. The first-order chi connectivity index (χ1) is 9.15. The largest absolute Gasteiger partial charge is 0.328 e. The van der Waals surface area contributed by atoms with Crippen LogP contribution in [0.4, 0.5) is 0 Å². The van der Waals surface area contributed by atoms with Crippen LogP contribution in [0.15, 0.2) is 29.4 Å². The number of aromatic amines is 1. The lowest BCUT2D eigenvalue weighted by atomic mass is 10.2. The van der Waals surface area contributed by atoms with Gasteiger partial charge in [-0.2, -0.15) is 0 Å². The first-order valence-corrected chi connectivity index (χ1v) is 7.81. The molecule has 3 rings (SSSR count). The fraction of sp³-hybridized carbons (Fsp3) is 0.417. The lowest BCUT2D eigenvalue weighted by Gasteiger charge is -2.10. The first-order valence-electron chi connectivity index (χ1n) is 6.33. The number of hydrogen-bond acceptors (Lipinski definition) is 4. The molecule has 6 nitrogen and oxygen atoms in total. The quantitative estimate of drug-likeness (QED) is 0.765. The third kappa shape index (κ3) is 2.63. The van der Waals surface area contributed by atoms with E-state index in [2.05, 4.69) is 20.0 Å². The fourth-order valence-electron chi connectivity index (χ4n) is 2.27. The Balaban J connectivity index is 1.78. The molecule has 1 unspecified atom stereocenters. The number of H-pyrrole nitrogens is 1. The Labute approximate surface area is 111 Å². The van der Waals surface area contributed by atoms with Crippen LogP contribution in [0.3, 0.4) is 0 Å². The van der Waals surface area contributed by atoms with E-state index < -0.39 is 10.0 Å². The molecule has 1 fully saturated rings. The number of nitrogens with one attached hydrogen (secondary N) is 3. The van der Waals surface area contributed by atoms with Gasteiger partial charge >= 0.3 is 0 Å². The van der Waals surface area contributed by atoms with Gasteiger partial charge in [-0.15, -0.1) is 0 Å². The summed E-state index contributed by atoms with van der Waals surface area (Å²) >= 11 is 0. The number of aromatic nitrogens is 2. The van der Waals surface area contributed by atoms with Crippen LogP contribution >= 0.6 is 0 Å². The Kier molecular flexibility index (Phi) is 3.26. The normalized spacial score (nSPS) is 20.1. The maximum Gasteiger partial charge on any atom is 0.274 e. The van der Waals surface area contributed by atoms with E-state index in [-0.39, 0.29) is 11.2 Å². The van der Waals surface area contributed by atoms with Gasteiger partial charge in [-0.05, 0) is 31.5 Å². The molecule has 1 aliphatic rings. The van der Waals surface area contributed by atoms with Gasteiger partial charge in [0.15, 0.2) is 0 Å². The van der Waals surface area contributed by atoms with Gasteiger partial charge in [0, 0.05) is 12.6 Å². The molecule has 2 aromatic rings. The summed E-state index contributed by atoms with van der Waals surface area (Å²) in [5.41, 5.74) is 1.38. The second kappa shape index (κ2) is 4.92. The van der Waals surface area contributed by atoms with E-state index in [9.17, 15) is 8.42 Å². The van der Waals surface area contributed by atoms with Crippen molar-refractivity contribution in [3.63, 3.8) is 0 Å². The summed E-state index contributed by atoms with van der Waals surface area (Å²) in [6.45, 7) is 1.36. The lowest BCUT2D eigenvalue weighted by Crippen LogP contribution is -2.37. The summed E-state index contributed by atoms with van der Waals surface area (Å²) in [6, 6.07) is 7.48. The Bertz CT molecular complexity index is 641. The molecule has 0 bridgehead atoms. The van der Waals surface area contributed by atoms with Gasteiger partial charge in [0.2, 0.25) is 5.16 Å². The lowest BCUT2D eigenvalue weighted by molar-refractivity contribution is 0.547. The Morgan fingerprint density at radius 3 is 2.95 bits per heavy atom. The van der Waals surface area contributed by atoms with E-state index in [0.717, 1.165) is 24.9 Å². The highest BCUT2D eigenvalue weighted by Gasteiger charge is 2.21. The van der Waals surface area contributed by atoms with Gasteiger partial charge in [0.1, 0.15) is 0 Å². The summed E-state index contributed by atoms with van der Waals surface area (Å²) in [5, 5.41) is 3.23. The smallest absolute Gasteiger partial charge is 0.274 e. The summed E-state index contributed by atoms with van der Waals surface area (Å²) in [5.74, 6) is 0. The predicted molar refractivity (Wildman–Crippen MR) is 72.3 cm³/mol. The second-order valence-electron chi connectivity index (χ2n) is 4.70. The fourth-order valence-corrected chi connectivity index (χ4v) is 3.29. The maximum atomic E-state index is 12.1. The number of benzene rings is 1. The second-order valence-corrected chi connectivity index (χ2v) is 6.39. The monoisotopic (exact) mass is 280 g/mol. The third-order valence-electron chi connectivity index (χ3n) is 3.30. The molecule has 0 aliphatic carbocycles. The number of rotatable bonds is 4. The van der Waals surface area contributed by atoms with Gasteiger partial charge in [0.25, 0.3) is 10.0 Å². The number of nitrogens with zero attached hydrogens (tertiary/aromatic N) is 1. The molecule has 0 saturated carbocycles. The van der Waals surface area contributed by atoms with Gasteiger partial charge < -0.3 is 10.3 Å². The van der Waals surface area contributed by atoms with E-state index in [0.29, 0.717) is 12.1 Å². The SMILES string of the molecule is O=S(=O)(NCC1CCCN1)c1nc2ccccc2[nH]1. The van der Waals surface area contributed by atoms with E-state index in [1.165, 1.54) is 0 Å². The average Bonchev–Trinajstić information content (AvgIpc) is 3.05. The molecule has 0 amide bonds. The summed E-state index contributed by atoms with van der Waals surface area (Å²) in [4.78, 5) is 6.93. The zero-order valence-corrected chi connectivity index (χ0v) is 11.2. The minimum Gasteiger partial charge on any atom is -0.328 e. The molecular weight excluding hydrogens is 264 g/mol. The van der Waals surface area contributed by atoms with Gasteiger partial charge in [-0.25, -0.2) is 18.1 Å². The molecule has 1 aromatic carbocycles. The molecule has 1 aliphatic heterocycles. The minimum atomic E-state index is -3.57. The van der Waals surface area contributed by atoms with Gasteiger partial charge in [0.05, 0.1) is 11.0 Å². The summed E-state index contributed by atoms with van der Waals surface area (Å²) < 4.78 is 26.8. The average molecular weight is 280 g/mol. The molecule has 0 spiro atoms. The highest BCUT2D eigenvalue weighted by atomic mass is 32.2. The van der Waals surface area contributed by atoms with Crippen LogP contribution in [0.25, 0.3) is 11.0 Å². The number of para-hydroxylation sites is 2. The van der Waals surface area contributed by atoms with Crippen molar-refractivity contribution in [1.29, 1.82) is 0 Å². The molecule has 3 N–H and O–H groups in total.